The molecule has 1 unspecified atom stereocenters. The number of nitrogens with one attached hydrogen (secondary N) is 1. The summed E-state index contributed by atoms with van der Waals surface area (Å²) in [6.45, 7) is 1.98. The van der Waals surface area contributed by atoms with Gasteiger partial charge in [0.2, 0.25) is 0 Å². The summed E-state index contributed by atoms with van der Waals surface area (Å²) >= 11 is 1.55. The van der Waals surface area contributed by atoms with E-state index in [0.717, 1.165) is 10.4 Å². The number of nitrogens with two attached hydrogens (primary N) is 1. The van der Waals surface area contributed by atoms with E-state index >= 15 is 0 Å². The van der Waals surface area contributed by atoms with Crippen molar-refractivity contribution in [1.82, 2.24) is 5.43 Å². The maximum Gasteiger partial charge on any atom is 0.170 e. The van der Waals surface area contributed by atoms with Gasteiger partial charge >= 0.3 is 0 Å². The fourth-order valence-electron chi connectivity index (χ4n) is 1.90. The van der Waals surface area contributed by atoms with Gasteiger partial charge in [0.1, 0.15) is 0 Å². The Morgan fingerprint density at radius 2 is 2.17 bits per heavy atom. The van der Waals surface area contributed by atoms with E-state index < -0.39 is 0 Å². The summed E-state index contributed by atoms with van der Waals surface area (Å²) in [5.74, 6) is 5.42. The van der Waals surface area contributed by atoms with E-state index in [2.05, 4.69) is 5.43 Å². The van der Waals surface area contributed by atoms with E-state index in [9.17, 15) is 4.39 Å². The average Bonchev–Trinajstić information content (AvgIpc) is 2.79. The number of rotatable bonds is 4. The predicted molar refractivity (Wildman–Crippen MR) is 71.2 cm³/mol. The first-order valence-electron chi connectivity index (χ1n) is 5.51. The largest absolute Gasteiger partial charge is 0.494 e. The van der Waals surface area contributed by atoms with E-state index in [4.69, 9.17) is 10.6 Å². The highest BCUT2D eigenvalue weighted by molar-refractivity contribution is 7.10. The molecule has 0 saturated heterocycles. The minimum atomic E-state index is -0.379. The second kappa shape index (κ2) is 5.48. The van der Waals surface area contributed by atoms with Gasteiger partial charge in [0.05, 0.1) is 13.2 Å². The Morgan fingerprint density at radius 3 is 2.72 bits per heavy atom. The Kier molecular flexibility index (Phi) is 3.96. The number of ether oxygens (including phenoxy) is 1. The fraction of sp³-hybridized carbons (Fsp3) is 0.231. The van der Waals surface area contributed by atoms with Crippen molar-refractivity contribution in [3.05, 3.63) is 51.5 Å². The number of hydrogen-bond acceptors (Lipinski definition) is 4. The molecular formula is C13H15FN2OS. The highest BCUT2D eigenvalue weighted by Gasteiger charge is 2.21. The number of benzene rings is 1. The van der Waals surface area contributed by atoms with Crippen LogP contribution in [0.3, 0.4) is 0 Å². The molecule has 0 fully saturated rings. The van der Waals surface area contributed by atoms with E-state index in [0.29, 0.717) is 5.56 Å². The molecule has 1 aromatic heterocycles. The van der Waals surface area contributed by atoms with Gasteiger partial charge < -0.3 is 4.74 Å². The summed E-state index contributed by atoms with van der Waals surface area (Å²) in [6, 6.07) is 6.68. The molecule has 3 N–H and O–H groups in total. The van der Waals surface area contributed by atoms with Crippen molar-refractivity contribution < 1.29 is 9.13 Å². The van der Waals surface area contributed by atoms with Crippen LogP contribution in [-0.4, -0.2) is 7.11 Å². The zero-order chi connectivity index (χ0) is 13.1. The molecule has 1 aromatic carbocycles. The standard InChI is InChI=1S/C13H15FN2OS/c1-8-6-7-18-13(8)12(16-15)9-4-3-5-10(17-2)11(9)14/h3-7,12,16H,15H2,1-2H3. The number of thiophene rings is 1. The molecule has 18 heavy (non-hydrogen) atoms. The van der Waals surface area contributed by atoms with Gasteiger partial charge in [0, 0.05) is 10.4 Å². The fourth-order valence-corrected chi connectivity index (χ4v) is 2.90. The summed E-state index contributed by atoms with van der Waals surface area (Å²) in [7, 11) is 1.45. The molecule has 1 heterocycles. The quantitative estimate of drug-likeness (QED) is 0.661. The summed E-state index contributed by atoms with van der Waals surface area (Å²) in [4.78, 5) is 1.00. The third-order valence-electron chi connectivity index (χ3n) is 2.85. The van der Waals surface area contributed by atoms with Gasteiger partial charge in [-0.25, -0.2) is 9.82 Å². The lowest BCUT2D eigenvalue weighted by Crippen LogP contribution is -2.29. The third-order valence-corrected chi connectivity index (χ3v) is 3.94. The van der Waals surface area contributed by atoms with Gasteiger partial charge in [-0.15, -0.1) is 11.3 Å². The normalized spacial score (nSPS) is 12.4. The van der Waals surface area contributed by atoms with E-state index in [1.54, 1.807) is 29.5 Å². The van der Waals surface area contributed by atoms with Gasteiger partial charge in [0.15, 0.2) is 11.6 Å². The maximum atomic E-state index is 14.2. The number of hydrogen-bond donors (Lipinski definition) is 2. The van der Waals surface area contributed by atoms with Crippen LogP contribution >= 0.6 is 11.3 Å². The molecule has 0 saturated carbocycles. The van der Waals surface area contributed by atoms with Crippen LogP contribution in [0.2, 0.25) is 0 Å². The van der Waals surface area contributed by atoms with Gasteiger partial charge in [-0.05, 0) is 30.0 Å². The lowest BCUT2D eigenvalue weighted by Gasteiger charge is -2.18. The molecule has 0 bridgehead atoms. The highest BCUT2D eigenvalue weighted by atomic mass is 32.1. The average molecular weight is 266 g/mol. The van der Waals surface area contributed by atoms with Crippen LogP contribution in [0, 0.1) is 12.7 Å². The van der Waals surface area contributed by atoms with Crippen LogP contribution in [-0.2, 0) is 0 Å². The van der Waals surface area contributed by atoms with Crippen LogP contribution < -0.4 is 16.0 Å². The van der Waals surface area contributed by atoms with Crippen molar-refractivity contribution in [2.24, 2.45) is 5.84 Å². The zero-order valence-corrected chi connectivity index (χ0v) is 11.1. The molecule has 2 aromatic rings. The molecule has 0 radical (unpaired) electrons. The van der Waals surface area contributed by atoms with Gasteiger partial charge in [-0.3, -0.25) is 5.84 Å². The van der Waals surface area contributed by atoms with E-state index in [1.165, 1.54) is 7.11 Å². The second-order valence-corrected chi connectivity index (χ2v) is 4.88. The van der Waals surface area contributed by atoms with E-state index in [1.807, 2.05) is 18.4 Å². The minimum Gasteiger partial charge on any atom is -0.494 e. The van der Waals surface area contributed by atoms with Gasteiger partial charge in [-0.1, -0.05) is 12.1 Å². The predicted octanol–water partition coefficient (Wildman–Crippen LogP) is 2.76. The molecule has 1 atom stereocenters. The van der Waals surface area contributed by atoms with Crippen molar-refractivity contribution in [1.29, 1.82) is 0 Å². The molecular weight excluding hydrogens is 251 g/mol. The molecule has 2 rings (SSSR count). The first kappa shape index (κ1) is 13.0. The van der Waals surface area contributed by atoms with Crippen LogP contribution in [0.5, 0.6) is 5.75 Å². The highest BCUT2D eigenvalue weighted by Crippen LogP contribution is 2.32. The number of hydrazine groups is 1. The van der Waals surface area contributed by atoms with Crippen molar-refractivity contribution in [3.8, 4) is 5.75 Å². The molecule has 0 aliphatic rings. The molecule has 3 nitrogen and oxygen atoms in total. The maximum absolute atomic E-state index is 14.2. The molecule has 96 valence electrons. The Labute approximate surface area is 109 Å². The molecule has 0 aliphatic carbocycles. The summed E-state index contributed by atoms with van der Waals surface area (Å²) in [5, 5.41) is 1.97. The molecule has 0 aliphatic heterocycles. The van der Waals surface area contributed by atoms with Crippen LogP contribution in [0.25, 0.3) is 0 Å². The van der Waals surface area contributed by atoms with Crippen LogP contribution in [0.4, 0.5) is 4.39 Å². The minimum absolute atomic E-state index is 0.224. The monoisotopic (exact) mass is 266 g/mol. The summed E-state index contributed by atoms with van der Waals surface area (Å²) in [6.07, 6.45) is 0. The summed E-state index contributed by atoms with van der Waals surface area (Å²) in [5.41, 5.74) is 4.25. The SMILES string of the molecule is COc1cccc(C(NN)c2sccc2C)c1F. The number of aryl methyl sites for hydroxylation is 1. The van der Waals surface area contributed by atoms with Crippen molar-refractivity contribution in [2.75, 3.05) is 7.11 Å². The second-order valence-electron chi connectivity index (χ2n) is 3.93. The number of methoxy groups -OCH3 is 1. The first-order valence-corrected chi connectivity index (χ1v) is 6.39. The molecule has 0 spiro atoms. The van der Waals surface area contributed by atoms with Crippen molar-refractivity contribution in [2.45, 2.75) is 13.0 Å². The summed E-state index contributed by atoms with van der Waals surface area (Å²) < 4.78 is 19.2. The smallest absolute Gasteiger partial charge is 0.170 e. The van der Waals surface area contributed by atoms with Crippen molar-refractivity contribution >= 4 is 11.3 Å². The van der Waals surface area contributed by atoms with E-state index in [-0.39, 0.29) is 17.6 Å². The number of halogens is 1. The molecule has 5 heteroatoms. The lowest BCUT2D eigenvalue weighted by atomic mass is 10.0. The van der Waals surface area contributed by atoms with Gasteiger partial charge in [-0.2, -0.15) is 0 Å². The third kappa shape index (κ3) is 2.25. The Morgan fingerprint density at radius 1 is 1.39 bits per heavy atom. The Bertz CT molecular complexity index is 542. The Balaban J connectivity index is 2.49. The topological polar surface area (TPSA) is 47.3 Å². The van der Waals surface area contributed by atoms with Crippen LogP contribution in [0.1, 0.15) is 22.0 Å². The Hall–Kier alpha value is -1.43. The zero-order valence-electron chi connectivity index (χ0n) is 10.2. The van der Waals surface area contributed by atoms with Gasteiger partial charge in [0.25, 0.3) is 0 Å². The van der Waals surface area contributed by atoms with Crippen LogP contribution in [0.15, 0.2) is 29.6 Å². The molecule has 0 amide bonds. The first-order chi connectivity index (χ1) is 8.69. The van der Waals surface area contributed by atoms with Crippen molar-refractivity contribution in [3.63, 3.8) is 0 Å². The lowest BCUT2D eigenvalue weighted by molar-refractivity contribution is 0.382.